The number of halogens is 2. The molecule has 152 valence electrons. The number of anilines is 1. The lowest BCUT2D eigenvalue weighted by Gasteiger charge is -2.34. The van der Waals surface area contributed by atoms with Gasteiger partial charge in [-0.2, -0.15) is 0 Å². The number of nitrogens with zero attached hydrogens (tertiary/aromatic N) is 4. The zero-order valence-electron chi connectivity index (χ0n) is 16.2. The number of hydrogen-bond acceptors (Lipinski definition) is 4. The zero-order valence-corrected chi connectivity index (χ0v) is 16.2. The largest absolute Gasteiger partial charge is 0.367 e. The predicted octanol–water partition coefficient (Wildman–Crippen LogP) is 3.08. The van der Waals surface area contributed by atoms with Crippen LogP contribution in [0.4, 0.5) is 19.3 Å². The average Bonchev–Trinajstić information content (AvgIpc) is 3.02. The molecule has 1 saturated heterocycles. The molecule has 2 heterocycles. The van der Waals surface area contributed by atoms with Crippen LogP contribution in [0.25, 0.3) is 11.0 Å². The van der Waals surface area contributed by atoms with E-state index in [2.05, 4.69) is 16.8 Å². The van der Waals surface area contributed by atoms with Crippen LogP contribution in [0.5, 0.6) is 0 Å². The first-order valence-corrected chi connectivity index (χ1v) is 9.95. The smallest absolute Gasteiger partial charge is 0.324 e. The first-order valence-electron chi connectivity index (χ1n) is 9.95. The molecular weight excluding hydrogens is 364 g/mol. The first-order chi connectivity index (χ1) is 13.3. The van der Waals surface area contributed by atoms with Gasteiger partial charge in [0.1, 0.15) is 11.3 Å². The van der Waals surface area contributed by atoms with Gasteiger partial charge in [-0.3, -0.25) is 0 Å². The van der Waals surface area contributed by atoms with Crippen LogP contribution in [0.3, 0.4) is 0 Å². The third kappa shape index (κ3) is 3.70. The van der Waals surface area contributed by atoms with E-state index in [1.807, 2.05) is 18.2 Å². The summed E-state index contributed by atoms with van der Waals surface area (Å²) < 4.78 is 28.4. The van der Waals surface area contributed by atoms with E-state index in [0.717, 1.165) is 37.4 Å². The van der Waals surface area contributed by atoms with E-state index in [9.17, 15) is 13.6 Å². The van der Waals surface area contributed by atoms with E-state index in [0.29, 0.717) is 30.6 Å². The Morgan fingerprint density at radius 1 is 1.21 bits per heavy atom. The molecule has 0 atom stereocenters. The third-order valence-corrected chi connectivity index (χ3v) is 6.11. The second-order valence-electron chi connectivity index (χ2n) is 8.14. The fraction of sp³-hybridized carbons (Fsp3) is 0.600. The van der Waals surface area contributed by atoms with E-state index in [4.69, 9.17) is 10.7 Å². The fourth-order valence-electron chi connectivity index (χ4n) is 4.38. The lowest BCUT2D eigenvalue weighted by Crippen LogP contribution is -2.44. The minimum Gasteiger partial charge on any atom is -0.367 e. The van der Waals surface area contributed by atoms with Crippen LogP contribution in [-0.4, -0.2) is 59.6 Å². The molecule has 1 aromatic carbocycles. The second-order valence-corrected chi connectivity index (χ2v) is 8.14. The van der Waals surface area contributed by atoms with Crippen LogP contribution in [0, 0.1) is 5.92 Å². The highest BCUT2D eigenvalue weighted by Gasteiger charge is 2.35. The number of benzene rings is 1. The monoisotopic (exact) mass is 391 g/mol. The Labute approximate surface area is 163 Å². The summed E-state index contributed by atoms with van der Waals surface area (Å²) in [6, 6.07) is 5.22. The van der Waals surface area contributed by atoms with E-state index in [1.165, 1.54) is 4.57 Å². The maximum atomic E-state index is 13.5. The minimum absolute atomic E-state index is 0.0962. The summed E-state index contributed by atoms with van der Waals surface area (Å²) in [6.07, 6.45) is 1.19. The molecule has 4 rings (SSSR count). The number of nitrogens with two attached hydrogens (primary N) is 1. The lowest BCUT2D eigenvalue weighted by molar-refractivity contribution is -0.0458. The maximum Gasteiger partial charge on any atom is 0.324 e. The van der Waals surface area contributed by atoms with Gasteiger partial charge in [-0.05, 0) is 37.9 Å². The highest BCUT2D eigenvalue weighted by molar-refractivity contribution is 5.95. The number of rotatable bonds is 3. The number of primary amides is 1. The molecule has 1 aliphatic heterocycles. The van der Waals surface area contributed by atoms with Gasteiger partial charge < -0.3 is 15.5 Å². The van der Waals surface area contributed by atoms with Crippen LogP contribution < -0.4 is 10.6 Å². The number of likely N-dealkylation sites (N-methyl/N-ethyl adjacent to an activating group) is 1. The van der Waals surface area contributed by atoms with Crippen molar-refractivity contribution in [3.63, 3.8) is 0 Å². The van der Waals surface area contributed by atoms with Gasteiger partial charge in [0.15, 0.2) is 0 Å². The van der Waals surface area contributed by atoms with Gasteiger partial charge >= 0.3 is 6.03 Å². The van der Waals surface area contributed by atoms with Crippen molar-refractivity contribution in [2.45, 2.75) is 38.0 Å². The number of carbonyl (C=O) groups excluding carboxylic acids is 1. The highest BCUT2D eigenvalue weighted by atomic mass is 19.3. The standard InChI is InChI=1S/C20H27F2N5O/c1-25-9-11-26(12-10-25)15-3-2-4-16-18(15)24-17(27(16)19(23)28)13-14-5-7-20(21,22)8-6-14/h2-4,14H,5-13H2,1H3,(H2,23,28). The van der Waals surface area contributed by atoms with Crippen molar-refractivity contribution in [3.05, 3.63) is 24.0 Å². The molecular formula is C20H27F2N5O. The number of hydrogen-bond donors (Lipinski definition) is 1. The molecule has 2 aliphatic rings. The van der Waals surface area contributed by atoms with Crippen molar-refractivity contribution in [1.82, 2.24) is 14.5 Å². The number of alkyl halides is 2. The molecule has 28 heavy (non-hydrogen) atoms. The number of para-hydroxylation sites is 1. The van der Waals surface area contributed by atoms with Crippen molar-refractivity contribution in [1.29, 1.82) is 0 Å². The quantitative estimate of drug-likeness (QED) is 0.873. The molecule has 0 unspecified atom stereocenters. The SMILES string of the molecule is CN1CCN(c2cccc3c2nc(CC2CCC(F)(F)CC2)n3C(N)=O)CC1. The van der Waals surface area contributed by atoms with Crippen LogP contribution in [0.2, 0.25) is 0 Å². The zero-order chi connectivity index (χ0) is 19.9. The van der Waals surface area contributed by atoms with E-state index in [-0.39, 0.29) is 18.8 Å². The van der Waals surface area contributed by atoms with Crippen molar-refractivity contribution in [2.75, 3.05) is 38.1 Å². The van der Waals surface area contributed by atoms with E-state index >= 15 is 0 Å². The van der Waals surface area contributed by atoms with Gasteiger partial charge in [-0.25, -0.2) is 23.1 Å². The normalized spacial score (nSPS) is 21.3. The van der Waals surface area contributed by atoms with E-state index in [1.54, 1.807) is 0 Å². The fourth-order valence-corrected chi connectivity index (χ4v) is 4.38. The summed E-state index contributed by atoms with van der Waals surface area (Å²) in [5, 5.41) is 0. The summed E-state index contributed by atoms with van der Waals surface area (Å²) in [4.78, 5) is 21.5. The average molecular weight is 391 g/mol. The van der Waals surface area contributed by atoms with Gasteiger partial charge in [-0.1, -0.05) is 6.07 Å². The Bertz CT molecular complexity index is 863. The molecule has 1 aliphatic carbocycles. The number of aromatic nitrogens is 2. The predicted molar refractivity (Wildman–Crippen MR) is 105 cm³/mol. The van der Waals surface area contributed by atoms with Gasteiger partial charge in [0.2, 0.25) is 5.92 Å². The van der Waals surface area contributed by atoms with Gasteiger partial charge in [-0.15, -0.1) is 0 Å². The van der Waals surface area contributed by atoms with Gasteiger partial charge in [0.05, 0.1) is 11.2 Å². The lowest BCUT2D eigenvalue weighted by atomic mass is 9.84. The summed E-state index contributed by atoms with van der Waals surface area (Å²) in [6.45, 7) is 3.73. The Morgan fingerprint density at radius 2 is 1.89 bits per heavy atom. The molecule has 2 N–H and O–H groups in total. The van der Waals surface area contributed by atoms with Crippen LogP contribution in [0.1, 0.15) is 31.5 Å². The van der Waals surface area contributed by atoms with Crippen molar-refractivity contribution in [3.8, 4) is 0 Å². The highest BCUT2D eigenvalue weighted by Crippen LogP contribution is 2.38. The third-order valence-electron chi connectivity index (χ3n) is 6.11. The number of piperazine rings is 1. The van der Waals surface area contributed by atoms with E-state index < -0.39 is 12.0 Å². The Hall–Kier alpha value is -2.22. The molecule has 0 bridgehead atoms. The molecule has 6 nitrogen and oxygen atoms in total. The van der Waals surface area contributed by atoms with Crippen LogP contribution in [-0.2, 0) is 6.42 Å². The minimum atomic E-state index is -2.56. The van der Waals surface area contributed by atoms with Gasteiger partial charge in [0.25, 0.3) is 0 Å². The van der Waals surface area contributed by atoms with Crippen LogP contribution >= 0.6 is 0 Å². The number of fused-ring (bicyclic) bond motifs is 1. The van der Waals surface area contributed by atoms with Crippen molar-refractivity contribution >= 4 is 22.8 Å². The molecule has 1 amide bonds. The molecule has 0 radical (unpaired) electrons. The molecule has 0 spiro atoms. The summed E-state index contributed by atoms with van der Waals surface area (Å²) in [5.41, 5.74) is 8.13. The number of carbonyl (C=O) groups is 1. The molecule has 2 fully saturated rings. The number of amides is 1. The number of imidazole rings is 1. The van der Waals surface area contributed by atoms with Crippen molar-refractivity contribution < 1.29 is 13.6 Å². The Morgan fingerprint density at radius 3 is 2.54 bits per heavy atom. The summed E-state index contributed by atoms with van der Waals surface area (Å²) in [5.74, 6) is -1.88. The first kappa shape index (κ1) is 19.1. The Kier molecular flexibility index (Phi) is 4.99. The molecule has 8 heteroatoms. The van der Waals surface area contributed by atoms with Crippen molar-refractivity contribution in [2.24, 2.45) is 11.7 Å². The maximum absolute atomic E-state index is 13.5. The van der Waals surface area contributed by atoms with Gasteiger partial charge in [0, 0.05) is 45.4 Å². The second kappa shape index (κ2) is 7.31. The Balaban J connectivity index is 1.66. The summed E-state index contributed by atoms with van der Waals surface area (Å²) >= 11 is 0. The van der Waals surface area contributed by atoms with Crippen LogP contribution in [0.15, 0.2) is 18.2 Å². The molecule has 2 aromatic rings. The summed E-state index contributed by atoms with van der Waals surface area (Å²) in [7, 11) is 2.10. The molecule has 1 saturated carbocycles. The topological polar surface area (TPSA) is 67.4 Å². The molecule has 1 aromatic heterocycles.